The molecule has 1 rings (SSSR count). The molecule has 0 aliphatic carbocycles. The molecule has 0 heterocycles. The Morgan fingerprint density at radius 1 is 1.00 bits per heavy atom. The summed E-state index contributed by atoms with van der Waals surface area (Å²) in [5, 5.41) is 9.47. The summed E-state index contributed by atoms with van der Waals surface area (Å²) >= 11 is 0. The number of aryl methyl sites for hydroxylation is 2. The van der Waals surface area contributed by atoms with E-state index in [1.54, 1.807) is 0 Å². The van der Waals surface area contributed by atoms with E-state index in [-0.39, 0.29) is 29.9 Å². The van der Waals surface area contributed by atoms with Crippen molar-refractivity contribution in [2.75, 3.05) is 26.2 Å². The Bertz CT molecular complexity index is 579. The average Bonchev–Trinajstić information content (AvgIpc) is 2.52. The van der Waals surface area contributed by atoms with Gasteiger partial charge in [0.05, 0.1) is 12.0 Å². The second-order valence-corrected chi connectivity index (χ2v) is 7.11. The first kappa shape index (κ1) is 24.7. The van der Waals surface area contributed by atoms with Crippen LogP contribution >= 0.6 is 24.0 Å². The Labute approximate surface area is 175 Å². The first-order valence-corrected chi connectivity index (χ1v) is 9.16. The van der Waals surface area contributed by atoms with Crippen molar-refractivity contribution in [3.63, 3.8) is 0 Å². The molecule has 0 saturated heterocycles. The predicted octanol–water partition coefficient (Wildman–Crippen LogP) is 3.18. The third kappa shape index (κ3) is 8.87. The van der Waals surface area contributed by atoms with Crippen LogP contribution in [-0.2, 0) is 11.2 Å². The van der Waals surface area contributed by atoms with Crippen LogP contribution in [0.1, 0.15) is 44.4 Å². The monoisotopic (exact) mass is 474 g/mol. The largest absolute Gasteiger partial charge is 0.357 e. The van der Waals surface area contributed by atoms with Gasteiger partial charge in [-0.05, 0) is 53.5 Å². The number of halogens is 1. The molecule has 0 saturated carbocycles. The molecular weight excluding hydrogens is 439 g/mol. The molecule has 26 heavy (non-hydrogen) atoms. The molecule has 0 aliphatic rings. The van der Waals surface area contributed by atoms with E-state index < -0.39 is 5.41 Å². The van der Waals surface area contributed by atoms with E-state index >= 15 is 0 Å². The van der Waals surface area contributed by atoms with Crippen molar-refractivity contribution in [2.45, 2.75) is 48.0 Å². The summed E-state index contributed by atoms with van der Waals surface area (Å²) in [6.45, 7) is 14.7. The molecule has 3 N–H and O–H groups in total. The van der Waals surface area contributed by atoms with Crippen molar-refractivity contribution in [3.05, 3.63) is 34.9 Å². The summed E-state index contributed by atoms with van der Waals surface area (Å²) in [4.78, 5) is 16.7. The molecule has 0 aromatic heterocycles. The zero-order valence-electron chi connectivity index (χ0n) is 17.0. The quantitative estimate of drug-likeness (QED) is 0.308. The number of hydrogen-bond donors (Lipinski definition) is 3. The highest BCUT2D eigenvalue weighted by molar-refractivity contribution is 14.0. The van der Waals surface area contributed by atoms with Crippen molar-refractivity contribution in [1.82, 2.24) is 16.0 Å². The summed E-state index contributed by atoms with van der Waals surface area (Å²) in [5.41, 5.74) is 3.38. The fraction of sp³-hybridized carbons (Fsp3) is 0.600. The van der Waals surface area contributed by atoms with Gasteiger partial charge in [0.25, 0.3) is 0 Å². The van der Waals surface area contributed by atoms with Crippen molar-refractivity contribution >= 4 is 35.8 Å². The molecule has 1 amide bonds. The minimum Gasteiger partial charge on any atom is -0.357 e. The molecule has 0 spiro atoms. The minimum atomic E-state index is -0.522. The molecule has 1 aromatic carbocycles. The van der Waals surface area contributed by atoms with Crippen LogP contribution in [0.2, 0.25) is 0 Å². The maximum Gasteiger partial charge on any atom is 0.227 e. The zero-order chi connectivity index (χ0) is 18.9. The van der Waals surface area contributed by atoms with E-state index in [2.05, 4.69) is 53.0 Å². The SMILES string of the molecule is CCNC(=O)C(C)(C)CN=C(NCC)NCCc1cc(C)cc(C)c1.I. The maximum absolute atomic E-state index is 12.1. The van der Waals surface area contributed by atoms with E-state index in [1.165, 1.54) is 16.7 Å². The van der Waals surface area contributed by atoms with Crippen LogP contribution in [0.5, 0.6) is 0 Å². The van der Waals surface area contributed by atoms with Gasteiger partial charge >= 0.3 is 0 Å². The van der Waals surface area contributed by atoms with E-state index in [4.69, 9.17) is 0 Å². The van der Waals surface area contributed by atoms with Gasteiger partial charge < -0.3 is 16.0 Å². The highest BCUT2D eigenvalue weighted by Crippen LogP contribution is 2.15. The third-order valence-corrected chi connectivity index (χ3v) is 3.92. The number of hydrogen-bond acceptors (Lipinski definition) is 2. The number of nitrogens with one attached hydrogen (secondary N) is 3. The van der Waals surface area contributed by atoms with Crippen molar-refractivity contribution < 1.29 is 4.79 Å². The lowest BCUT2D eigenvalue weighted by Gasteiger charge is -2.22. The Balaban J connectivity index is 0.00000625. The van der Waals surface area contributed by atoms with Crippen LogP contribution in [-0.4, -0.2) is 38.0 Å². The molecule has 0 atom stereocenters. The minimum absolute atomic E-state index is 0. The van der Waals surface area contributed by atoms with Crippen LogP contribution in [0.25, 0.3) is 0 Å². The van der Waals surface area contributed by atoms with Gasteiger partial charge in [0.2, 0.25) is 5.91 Å². The summed E-state index contributed by atoms with van der Waals surface area (Å²) in [7, 11) is 0. The molecule has 6 heteroatoms. The van der Waals surface area contributed by atoms with Gasteiger partial charge in [0.1, 0.15) is 0 Å². The van der Waals surface area contributed by atoms with Crippen molar-refractivity contribution in [3.8, 4) is 0 Å². The Morgan fingerprint density at radius 2 is 1.58 bits per heavy atom. The van der Waals surface area contributed by atoms with E-state index in [0.717, 1.165) is 25.5 Å². The second-order valence-electron chi connectivity index (χ2n) is 7.11. The standard InChI is InChI=1S/C20H34N4O.HI/c1-7-21-18(25)20(5,6)14-24-19(22-8-2)23-10-9-17-12-15(3)11-16(4)13-17;/h11-13H,7-10,14H2,1-6H3,(H,21,25)(H2,22,23,24);1H. The average molecular weight is 474 g/mol. The van der Waals surface area contributed by atoms with Crippen LogP contribution in [0, 0.1) is 19.3 Å². The van der Waals surface area contributed by atoms with Gasteiger partial charge in [0.15, 0.2) is 5.96 Å². The van der Waals surface area contributed by atoms with Gasteiger partial charge in [-0.25, -0.2) is 0 Å². The van der Waals surface area contributed by atoms with Gasteiger partial charge in [-0.15, -0.1) is 24.0 Å². The van der Waals surface area contributed by atoms with Crippen LogP contribution in [0.3, 0.4) is 0 Å². The van der Waals surface area contributed by atoms with E-state index in [1.807, 2.05) is 27.7 Å². The molecule has 0 unspecified atom stereocenters. The van der Waals surface area contributed by atoms with E-state index in [0.29, 0.717) is 13.1 Å². The van der Waals surface area contributed by atoms with Crippen LogP contribution < -0.4 is 16.0 Å². The van der Waals surface area contributed by atoms with Crippen molar-refractivity contribution in [1.29, 1.82) is 0 Å². The maximum atomic E-state index is 12.1. The number of benzene rings is 1. The summed E-state index contributed by atoms with van der Waals surface area (Å²) in [6.07, 6.45) is 0.937. The molecule has 148 valence electrons. The van der Waals surface area contributed by atoms with Crippen molar-refractivity contribution in [2.24, 2.45) is 10.4 Å². The molecule has 0 radical (unpaired) electrons. The summed E-state index contributed by atoms with van der Waals surface area (Å²) in [5.74, 6) is 0.786. The molecule has 0 bridgehead atoms. The molecule has 1 aromatic rings. The van der Waals surface area contributed by atoms with Crippen LogP contribution in [0.15, 0.2) is 23.2 Å². The molecule has 0 fully saturated rings. The number of aliphatic imine (C=N–C) groups is 1. The smallest absolute Gasteiger partial charge is 0.227 e. The summed E-state index contributed by atoms with van der Waals surface area (Å²) < 4.78 is 0. The van der Waals surface area contributed by atoms with E-state index in [9.17, 15) is 4.79 Å². The highest BCUT2D eigenvalue weighted by atomic mass is 127. The number of nitrogens with zero attached hydrogens (tertiary/aromatic N) is 1. The predicted molar refractivity (Wildman–Crippen MR) is 121 cm³/mol. The molecule has 0 aliphatic heterocycles. The topological polar surface area (TPSA) is 65.5 Å². The molecule has 5 nitrogen and oxygen atoms in total. The third-order valence-electron chi connectivity index (χ3n) is 3.92. The molecular formula is C20H35IN4O. The second kappa shape index (κ2) is 12.1. The number of rotatable bonds is 8. The Morgan fingerprint density at radius 3 is 2.12 bits per heavy atom. The number of amides is 1. The normalized spacial score (nSPS) is 11.5. The first-order chi connectivity index (χ1) is 11.8. The Kier molecular flexibility index (Phi) is 11.5. The lowest BCUT2D eigenvalue weighted by Crippen LogP contribution is -2.42. The zero-order valence-corrected chi connectivity index (χ0v) is 19.4. The number of guanidine groups is 1. The number of carbonyl (C=O) groups is 1. The number of carbonyl (C=O) groups excluding carboxylic acids is 1. The van der Waals surface area contributed by atoms with Gasteiger partial charge in [-0.3, -0.25) is 9.79 Å². The fourth-order valence-corrected chi connectivity index (χ4v) is 2.63. The van der Waals surface area contributed by atoms with Crippen LogP contribution in [0.4, 0.5) is 0 Å². The fourth-order valence-electron chi connectivity index (χ4n) is 2.63. The highest BCUT2D eigenvalue weighted by Gasteiger charge is 2.26. The van der Waals surface area contributed by atoms with Gasteiger partial charge in [-0.2, -0.15) is 0 Å². The van der Waals surface area contributed by atoms with Gasteiger partial charge in [0, 0.05) is 19.6 Å². The van der Waals surface area contributed by atoms with Gasteiger partial charge in [-0.1, -0.05) is 29.3 Å². The first-order valence-electron chi connectivity index (χ1n) is 9.16. The summed E-state index contributed by atoms with van der Waals surface area (Å²) in [6, 6.07) is 6.62. The lowest BCUT2D eigenvalue weighted by molar-refractivity contribution is -0.128. The Hall–Kier alpha value is -1.31. The lowest BCUT2D eigenvalue weighted by atomic mass is 9.92.